The average molecular weight is 428 g/mol. The van der Waals surface area contributed by atoms with Crippen molar-refractivity contribution in [2.24, 2.45) is 0 Å². The monoisotopic (exact) mass is 427 g/mol. The second-order valence-electron chi connectivity index (χ2n) is 7.97. The normalized spacial score (nSPS) is 15.5. The van der Waals surface area contributed by atoms with Gasteiger partial charge in [0.1, 0.15) is 5.82 Å². The van der Waals surface area contributed by atoms with E-state index in [9.17, 15) is 14.0 Å². The van der Waals surface area contributed by atoms with E-state index in [0.717, 1.165) is 24.1 Å². The van der Waals surface area contributed by atoms with Gasteiger partial charge in [0.25, 0.3) is 5.91 Å². The van der Waals surface area contributed by atoms with E-state index in [4.69, 9.17) is 4.74 Å². The summed E-state index contributed by atoms with van der Waals surface area (Å²) in [4.78, 5) is 28.8. The molecule has 0 unspecified atom stereocenters. The van der Waals surface area contributed by atoms with Crippen molar-refractivity contribution in [2.75, 3.05) is 37.5 Å². The smallest absolute Gasteiger partial charge is 0.254 e. The number of halogens is 1. The second-order valence-corrected chi connectivity index (χ2v) is 7.97. The molecule has 0 radical (unpaired) electrons. The Morgan fingerprint density at radius 3 is 2.65 bits per heavy atom. The van der Waals surface area contributed by atoms with Crippen molar-refractivity contribution in [3.8, 4) is 0 Å². The first-order valence-electron chi connectivity index (χ1n) is 10.6. The van der Waals surface area contributed by atoms with Crippen LogP contribution in [0.1, 0.15) is 42.1 Å². The summed E-state index contributed by atoms with van der Waals surface area (Å²) in [6, 6.07) is 11.4. The molecular formula is C24H30FN3O3. The van der Waals surface area contributed by atoms with E-state index in [1.54, 1.807) is 24.0 Å². The molecule has 0 saturated carbocycles. The van der Waals surface area contributed by atoms with Crippen molar-refractivity contribution >= 4 is 23.2 Å². The molecule has 2 aromatic carbocycles. The number of nitrogens with zero attached hydrogens (tertiary/aromatic N) is 2. The lowest BCUT2D eigenvalue weighted by molar-refractivity contribution is -0.115. The molecule has 1 heterocycles. The highest BCUT2D eigenvalue weighted by molar-refractivity contribution is 5.94. The lowest BCUT2D eigenvalue weighted by Crippen LogP contribution is -2.37. The van der Waals surface area contributed by atoms with E-state index in [-0.39, 0.29) is 17.9 Å². The number of benzene rings is 2. The molecule has 31 heavy (non-hydrogen) atoms. The zero-order valence-corrected chi connectivity index (χ0v) is 18.4. The number of hydrogen-bond donors (Lipinski definition) is 1. The van der Waals surface area contributed by atoms with Gasteiger partial charge in [0.15, 0.2) is 0 Å². The Hall–Kier alpha value is -2.93. The summed E-state index contributed by atoms with van der Waals surface area (Å²) in [5.74, 6) is -0.764. The maximum Gasteiger partial charge on any atom is 0.254 e. The molecule has 1 saturated heterocycles. The van der Waals surface area contributed by atoms with Crippen LogP contribution >= 0.6 is 0 Å². The summed E-state index contributed by atoms with van der Waals surface area (Å²) in [6.45, 7) is 3.23. The minimum Gasteiger partial charge on any atom is -0.377 e. The van der Waals surface area contributed by atoms with E-state index >= 15 is 0 Å². The Kier molecular flexibility index (Phi) is 7.63. The van der Waals surface area contributed by atoms with Crippen LogP contribution in [0.3, 0.4) is 0 Å². The Labute approximate surface area is 183 Å². The first kappa shape index (κ1) is 22.7. The number of carbonyl (C=O) groups is 2. The molecule has 1 atom stereocenters. The number of amides is 2. The number of nitrogens with one attached hydrogen (secondary N) is 1. The Morgan fingerprint density at radius 1 is 1.19 bits per heavy atom. The van der Waals surface area contributed by atoms with Gasteiger partial charge in [-0.1, -0.05) is 13.0 Å². The summed E-state index contributed by atoms with van der Waals surface area (Å²) >= 11 is 0. The molecule has 1 N–H and O–H groups in total. The minimum atomic E-state index is -0.443. The molecule has 166 valence electrons. The fraction of sp³-hybridized carbons (Fsp3) is 0.417. The van der Waals surface area contributed by atoms with Crippen LogP contribution < -0.4 is 10.2 Å². The van der Waals surface area contributed by atoms with Gasteiger partial charge < -0.3 is 19.9 Å². The third kappa shape index (κ3) is 6.04. The zero-order valence-electron chi connectivity index (χ0n) is 18.4. The van der Waals surface area contributed by atoms with Gasteiger partial charge >= 0.3 is 0 Å². The summed E-state index contributed by atoms with van der Waals surface area (Å²) < 4.78 is 19.5. The predicted molar refractivity (Wildman–Crippen MR) is 120 cm³/mol. The van der Waals surface area contributed by atoms with Crippen LogP contribution in [-0.4, -0.2) is 50.1 Å². The molecular weight excluding hydrogens is 397 g/mol. The fourth-order valence-corrected chi connectivity index (χ4v) is 3.74. The summed E-state index contributed by atoms with van der Waals surface area (Å²) in [7, 11) is 3.86. The number of carbonyl (C=O) groups excluding carboxylic acids is 2. The predicted octanol–water partition coefficient (Wildman–Crippen LogP) is 4.06. The van der Waals surface area contributed by atoms with Crippen molar-refractivity contribution in [3.63, 3.8) is 0 Å². The van der Waals surface area contributed by atoms with E-state index < -0.39 is 5.82 Å². The van der Waals surface area contributed by atoms with Crippen molar-refractivity contribution in [1.82, 2.24) is 4.90 Å². The van der Waals surface area contributed by atoms with Gasteiger partial charge in [-0.3, -0.25) is 9.59 Å². The maximum atomic E-state index is 13.8. The first-order valence-corrected chi connectivity index (χ1v) is 10.6. The van der Waals surface area contributed by atoms with Crippen LogP contribution in [0.15, 0.2) is 42.5 Å². The SMILES string of the molecule is CCC(=O)Nc1ccc(N(C)C)c(CN(C[C@@H]2CCCO2)C(=O)c2cccc(F)c2)c1. The van der Waals surface area contributed by atoms with Gasteiger partial charge in [-0.05, 0) is 54.8 Å². The van der Waals surface area contributed by atoms with Crippen LogP contribution in [0.4, 0.5) is 15.8 Å². The molecule has 3 rings (SSSR count). The highest BCUT2D eigenvalue weighted by Gasteiger charge is 2.25. The molecule has 0 aromatic heterocycles. The van der Waals surface area contributed by atoms with Crippen LogP contribution in [0.5, 0.6) is 0 Å². The van der Waals surface area contributed by atoms with Gasteiger partial charge in [0.05, 0.1) is 6.10 Å². The summed E-state index contributed by atoms with van der Waals surface area (Å²) in [5, 5.41) is 2.88. The largest absolute Gasteiger partial charge is 0.377 e. The van der Waals surface area contributed by atoms with Crippen LogP contribution in [0.2, 0.25) is 0 Å². The second kappa shape index (κ2) is 10.4. The van der Waals surface area contributed by atoms with Crippen LogP contribution in [0.25, 0.3) is 0 Å². The number of hydrogen-bond acceptors (Lipinski definition) is 4. The molecule has 0 bridgehead atoms. The van der Waals surface area contributed by atoms with Gasteiger partial charge in [0.2, 0.25) is 5.91 Å². The Bertz CT molecular complexity index is 926. The third-order valence-electron chi connectivity index (χ3n) is 5.33. The Balaban J connectivity index is 1.92. The summed E-state index contributed by atoms with van der Waals surface area (Å²) in [6.07, 6.45) is 2.20. The van der Waals surface area contributed by atoms with E-state index in [0.29, 0.717) is 37.4 Å². The first-order chi connectivity index (χ1) is 14.9. The number of anilines is 2. The average Bonchev–Trinajstić information content (AvgIpc) is 3.25. The maximum absolute atomic E-state index is 13.8. The topological polar surface area (TPSA) is 61.9 Å². The third-order valence-corrected chi connectivity index (χ3v) is 5.33. The summed E-state index contributed by atoms with van der Waals surface area (Å²) in [5.41, 5.74) is 2.82. The number of rotatable bonds is 8. The van der Waals surface area contributed by atoms with Gasteiger partial charge in [-0.15, -0.1) is 0 Å². The van der Waals surface area contributed by atoms with Crippen LogP contribution in [0, 0.1) is 5.82 Å². The molecule has 0 aliphatic carbocycles. The molecule has 1 aliphatic rings. The van der Waals surface area contributed by atoms with Crippen molar-refractivity contribution in [3.05, 3.63) is 59.4 Å². The molecule has 2 amide bonds. The number of ether oxygens (including phenoxy) is 1. The minimum absolute atomic E-state index is 0.0386. The Morgan fingerprint density at radius 2 is 2.00 bits per heavy atom. The van der Waals surface area contributed by atoms with Crippen LogP contribution in [-0.2, 0) is 16.1 Å². The lowest BCUT2D eigenvalue weighted by atomic mass is 10.1. The van der Waals surface area contributed by atoms with E-state index in [1.807, 2.05) is 37.2 Å². The van der Waals surface area contributed by atoms with E-state index in [2.05, 4.69) is 5.32 Å². The lowest BCUT2D eigenvalue weighted by Gasteiger charge is -2.28. The standard InChI is InChI=1S/C24H30FN3O3/c1-4-23(29)26-20-10-11-22(27(2)3)18(14-20)15-28(16-21-9-6-12-31-21)24(30)17-7-5-8-19(25)13-17/h5,7-8,10-11,13-14,21H,4,6,9,12,15-16H2,1-3H3,(H,26,29)/t21-/m0/s1. The quantitative estimate of drug-likeness (QED) is 0.690. The van der Waals surface area contributed by atoms with Gasteiger partial charge in [0, 0.05) is 57.2 Å². The fourth-order valence-electron chi connectivity index (χ4n) is 3.74. The molecule has 1 aliphatic heterocycles. The molecule has 0 spiro atoms. The van der Waals surface area contributed by atoms with Crippen molar-refractivity contribution in [2.45, 2.75) is 38.8 Å². The molecule has 1 fully saturated rings. The molecule has 2 aromatic rings. The highest BCUT2D eigenvalue weighted by atomic mass is 19.1. The van der Waals surface area contributed by atoms with E-state index in [1.165, 1.54) is 12.1 Å². The molecule has 6 nitrogen and oxygen atoms in total. The van der Waals surface area contributed by atoms with Crippen molar-refractivity contribution in [1.29, 1.82) is 0 Å². The zero-order chi connectivity index (χ0) is 22.4. The molecule has 7 heteroatoms. The van der Waals surface area contributed by atoms with Gasteiger partial charge in [-0.2, -0.15) is 0 Å². The van der Waals surface area contributed by atoms with Crippen molar-refractivity contribution < 1.29 is 18.7 Å². The van der Waals surface area contributed by atoms with Gasteiger partial charge in [-0.25, -0.2) is 4.39 Å². The highest BCUT2D eigenvalue weighted by Crippen LogP contribution is 2.26.